The summed E-state index contributed by atoms with van der Waals surface area (Å²) in [7, 11) is 1.86. The Labute approximate surface area is 112 Å². The molecule has 1 aromatic carbocycles. The van der Waals surface area contributed by atoms with Gasteiger partial charge >= 0.3 is 0 Å². The molecule has 0 saturated carbocycles. The van der Waals surface area contributed by atoms with Crippen molar-refractivity contribution in [3.8, 4) is 5.75 Å². The summed E-state index contributed by atoms with van der Waals surface area (Å²) >= 11 is 0. The average Bonchev–Trinajstić information content (AvgIpc) is 2.39. The predicted molar refractivity (Wildman–Crippen MR) is 76.4 cm³/mol. The summed E-state index contributed by atoms with van der Waals surface area (Å²) in [5.41, 5.74) is 2.59. The molecule has 0 aliphatic rings. The standard InChI is InChI=1S/C15H19FN2O/c1-4-6-10-7-13(17-3)11-8-15(19-5-2)12(16)9-14(11)18-10/h7-9H,4-6H2,1-3H3,(H,17,18). The monoisotopic (exact) mass is 262 g/mol. The van der Waals surface area contributed by atoms with Crippen LogP contribution in [0, 0.1) is 5.82 Å². The largest absolute Gasteiger partial charge is 0.491 e. The molecule has 1 N–H and O–H groups in total. The molecule has 0 fully saturated rings. The average molecular weight is 262 g/mol. The number of pyridine rings is 1. The van der Waals surface area contributed by atoms with Gasteiger partial charge in [-0.2, -0.15) is 0 Å². The van der Waals surface area contributed by atoms with Gasteiger partial charge in [0, 0.05) is 29.9 Å². The van der Waals surface area contributed by atoms with Crippen molar-refractivity contribution >= 4 is 16.6 Å². The number of nitrogens with zero attached hydrogens (tertiary/aromatic N) is 1. The lowest BCUT2D eigenvalue weighted by molar-refractivity contribution is 0.322. The van der Waals surface area contributed by atoms with Gasteiger partial charge in [-0.15, -0.1) is 0 Å². The fourth-order valence-corrected chi connectivity index (χ4v) is 2.14. The van der Waals surface area contributed by atoms with Gasteiger partial charge in [0.15, 0.2) is 11.6 Å². The summed E-state index contributed by atoms with van der Waals surface area (Å²) in [5.74, 6) is -0.0888. The normalized spacial score (nSPS) is 10.7. The summed E-state index contributed by atoms with van der Waals surface area (Å²) in [4.78, 5) is 4.50. The van der Waals surface area contributed by atoms with E-state index in [0.717, 1.165) is 29.6 Å². The quantitative estimate of drug-likeness (QED) is 0.890. The maximum absolute atomic E-state index is 13.9. The van der Waals surface area contributed by atoms with Gasteiger partial charge in [-0.1, -0.05) is 13.3 Å². The van der Waals surface area contributed by atoms with Crippen LogP contribution in [-0.4, -0.2) is 18.6 Å². The molecule has 2 rings (SSSR count). The van der Waals surface area contributed by atoms with Crippen LogP contribution in [0.3, 0.4) is 0 Å². The minimum absolute atomic E-state index is 0.275. The van der Waals surface area contributed by atoms with Crippen LogP contribution in [0.15, 0.2) is 18.2 Å². The number of halogens is 1. The van der Waals surface area contributed by atoms with Crippen LogP contribution in [-0.2, 0) is 6.42 Å². The molecule has 0 unspecified atom stereocenters. The number of nitrogens with one attached hydrogen (secondary N) is 1. The fourth-order valence-electron chi connectivity index (χ4n) is 2.14. The van der Waals surface area contributed by atoms with E-state index in [0.29, 0.717) is 12.1 Å². The molecule has 0 atom stereocenters. The second-order valence-electron chi connectivity index (χ2n) is 4.39. The summed E-state index contributed by atoms with van der Waals surface area (Å²) in [5, 5.41) is 4.02. The molecule has 19 heavy (non-hydrogen) atoms. The first-order valence-corrected chi connectivity index (χ1v) is 6.63. The zero-order valence-corrected chi connectivity index (χ0v) is 11.6. The molecule has 0 saturated heterocycles. The number of anilines is 1. The number of hydrogen-bond donors (Lipinski definition) is 1. The summed E-state index contributed by atoms with van der Waals surface area (Å²) in [6.45, 7) is 4.38. The van der Waals surface area contributed by atoms with Gasteiger partial charge in [-0.3, -0.25) is 4.98 Å². The molecule has 1 heterocycles. The smallest absolute Gasteiger partial charge is 0.167 e. The van der Waals surface area contributed by atoms with Gasteiger partial charge in [0.2, 0.25) is 0 Å². The van der Waals surface area contributed by atoms with E-state index >= 15 is 0 Å². The Morgan fingerprint density at radius 2 is 2.05 bits per heavy atom. The molecule has 0 radical (unpaired) electrons. The molecule has 0 spiro atoms. The Morgan fingerprint density at radius 1 is 1.26 bits per heavy atom. The molecule has 2 aromatic rings. The minimum atomic E-state index is -0.363. The van der Waals surface area contributed by atoms with Crippen molar-refractivity contribution < 1.29 is 9.13 Å². The topological polar surface area (TPSA) is 34.1 Å². The van der Waals surface area contributed by atoms with E-state index in [1.807, 2.05) is 20.0 Å². The zero-order valence-electron chi connectivity index (χ0n) is 11.6. The van der Waals surface area contributed by atoms with Crippen LogP contribution in [0.25, 0.3) is 10.9 Å². The molecule has 4 heteroatoms. The number of ether oxygens (including phenoxy) is 1. The predicted octanol–water partition coefficient (Wildman–Crippen LogP) is 3.77. The molecule has 3 nitrogen and oxygen atoms in total. The summed E-state index contributed by atoms with van der Waals surface area (Å²) < 4.78 is 19.2. The van der Waals surface area contributed by atoms with Crippen LogP contribution in [0.5, 0.6) is 5.75 Å². The highest BCUT2D eigenvalue weighted by molar-refractivity contribution is 5.92. The molecular weight excluding hydrogens is 243 g/mol. The van der Waals surface area contributed by atoms with E-state index in [1.54, 1.807) is 6.07 Å². The van der Waals surface area contributed by atoms with Gasteiger partial charge < -0.3 is 10.1 Å². The molecule has 0 bridgehead atoms. The Morgan fingerprint density at radius 3 is 2.68 bits per heavy atom. The maximum atomic E-state index is 13.9. The van der Waals surface area contributed by atoms with Crippen LogP contribution < -0.4 is 10.1 Å². The van der Waals surface area contributed by atoms with Crippen molar-refractivity contribution in [3.63, 3.8) is 0 Å². The summed E-state index contributed by atoms with van der Waals surface area (Å²) in [6, 6.07) is 5.17. The second kappa shape index (κ2) is 5.87. The van der Waals surface area contributed by atoms with Crippen LogP contribution in [0.2, 0.25) is 0 Å². The van der Waals surface area contributed by atoms with E-state index in [1.165, 1.54) is 6.07 Å². The Bertz CT molecular complexity index is 584. The van der Waals surface area contributed by atoms with Crippen LogP contribution in [0.4, 0.5) is 10.1 Å². The fraction of sp³-hybridized carbons (Fsp3) is 0.400. The third kappa shape index (κ3) is 2.78. The minimum Gasteiger partial charge on any atom is -0.491 e. The van der Waals surface area contributed by atoms with E-state index in [9.17, 15) is 4.39 Å². The first-order chi connectivity index (χ1) is 9.19. The zero-order chi connectivity index (χ0) is 13.8. The number of aryl methyl sites for hydroxylation is 1. The van der Waals surface area contributed by atoms with Crippen molar-refractivity contribution in [1.82, 2.24) is 4.98 Å². The van der Waals surface area contributed by atoms with Gasteiger partial charge in [0.05, 0.1) is 12.1 Å². The first-order valence-electron chi connectivity index (χ1n) is 6.63. The van der Waals surface area contributed by atoms with E-state index in [-0.39, 0.29) is 11.6 Å². The number of hydrogen-bond acceptors (Lipinski definition) is 3. The van der Waals surface area contributed by atoms with Crippen molar-refractivity contribution in [3.05, 3.63) is 29.7 Å². The molecular formula is C15H19FN2O. The molecule has 102 valence electrons. The Hall–Kier alpha value is -1.84. The molecule has 0 aliphatic carbocycles. The highest BCUT2D eigenvalue weighted by Crippen LogP contribution is 2.29. The van der Waals surface area contributed by atoms with Crippen molar-refractivity contribution in [2.24, 2.45) is 0 Å². The lowest BCUT2D eigenvalue weighted by Crippen LogP contribution is -1.99. The van der Waals surface area contributed by atoms with Gasteiger partial charge in [0.1, 0.15) is 0 Å². The maximum Gasteiger partial charge on any atom is 0.167 e. The third-order valence-corrected chi connectivity index (χ3v) is 2.99. The van der Waals surface area contributed by atoms with E-state index < -0.39 is 0 Å². The highest BCUT2D eigenvalue weighted by atomic mass is 19.1. The van der Waals surface area contributed by atoms with Gasteiger partial charge in [-0.25, -0.2) is 4.39 Å². The Balaban J connectivity index is 2.61. The Kier molecular flexibility index (Phi) is 4.20. The van der Waals surface area contributed by atoms with Gasteiger partial charge in [-0.05, 0) is 25.5 Å². The van der Waals surface area contributed by atoms with Crippen molar-refractivity contribution in [2.75, 3.05) is 19.0 Å². The van der Waals surface area contributed by atoms with E-state index in [2.05, 4.69) is 17.2 Å². The van der Waals surface area contributed by atoms with Crippen molar-refractivity contribution in [2.45, 2.75) is 26.7 Å². The molecule has 0 amide bonds. The van der Waals surface area contributed by atoms with Crippen LogP contribution >= 0.6 is 0 Å². The third-order valence-electron chi connectivity index (χ3n) is 2.99. The van der Waals surface area contributed by atoms with Crippen LogP contribution in [0.1, 0.15) is 26.0 Å². The first kappa shape index (κ1) is 13.6. The highest BCUT2D eigenvalue weighted by Gasteiger charge is 2.10. The number of fused-ring (bicyclic) bond motifs is 1. The number of rotatable bonds is 5. The number of benzene rings is 1. The van der Waals surface area contributed by atoms with Crippen molar-refractivity contribution in [1.29, 1.82) is 0 Å². The summed E-state index contributed by atoms with van der Waals surface area (Å²) in [6.07, 6.45) is 1.90. The molecule has 0 aliphatic heterocycles. The lowest BCUT2D eigenvalue weighted by atomic mass is 10.1. The lowest BCUT2D eigenvalue weighted by Gasteiger charge is -2.11. The molecule has 1 aromatic heterocycles. The second-order valence-corrected chi connectivity index (χ2v) is 4.39. The number of aromatic nitrogens is 1. The van der Waals surface area contributed by atoms with Gasteiger partial charge in [0.25, 0.3) is 0 Å². The SMILES string of the molecule is CCCc1cc(NC)c2cc(OCC)c(F)cc2n1. The van der Waals surface area contributed by atoms with E-state index in [4.69, 9.17) is 4.74 Å².